The first-order chi connectivity index (χ1) is 9.35. The number of ether oxygens (including phenoxy) is 2. The second-order valence-corrected chi connectivity index (χ2v) is 3.80. The maximum atomic E-state index is 12.3. The fourth-order valence-electron chi connectivity index (χ4n) is 1.48. The highest BCUT2D eigenvalue weighted by Gasteiger charge is 2.21. The lowest BCUT2D eigenvalue weighted by molar-refractivity contribution is -0.137. The summed E-state index contributed by atoms with van der Waals surface area (Å²) in [5, 5.41) is 8.61. The minimum Gasteiger partial charge on any atom is -0.497 e. The maximum absolute atomic E-state index is 12.3. The van der Waals surface area contributed by atoms with E-state index in [1.54, 1.807) is 0 Å². The number of alkyl halides is 2. The number of carbonyl (C=O) groups excluding carboxylic acids is 1. The van der Waals surface area contributed by atoms with Crippen LogP contribution in [0.3, 0.4) is 0 Å². The highest BCUT2D eigenvalue weighted by molar-refractivity contribution is 5.98. The van der Waals surface area contributed by atoms with Gasteiger partial charge in [0.15, 0.2) is 0 Å². The first-order valence-corrected chi connectivity index (χ1v) is 5.45. The third-order valence-electron chi connectivity index (χ3n) is 2.35. The Kier molecular flexibility index (Phi) is 5.24. The molecule has 0 atom stereocenters. The molecule has 1 rings (SSSR count). The number of rotatable bonds is 6. The van der Waals surface area contributed by atoms with Gasteiger partial charge in [0.05, 0.1) is 12.7 Å². The second kappa shape index (κ2) is 6.69. The molecule has 0 aliphatic heterocycles. The molecular weight excluding hydrogens is 276 g/mol. The normalized spacial score (nSPS) is 10.2. The Hall–Kier alpha value is -2.38. The van der Waals surface area contributed by atoms with Crippen molar-refractivity contribution in [2.24, 2.45) is 0 Å². The molecule has 0 heterocycles. The number of likely N-dealkylation sites (N-methyl/N-ethyl adjacent to an activating group) is 1. The van der Waals surface area contributed by atoms with Crippen molar-refractivity contribution in [1.82, 2.24) is 4.90 Å². The fraction of sp³-hybridized carbons (Fsp3) is 0.333. The maximum Gasteiger partial charge on any atom is 0.387 e. The molecule has 0 saturated heterocycles. The molecule has 1 aromatic carbocycles. The van der Waals surface area contributed by atoms with Crippen LogP contribution in [0.25, 0.3) is 0 Å². The van der Waals surface area contributed by atoms with E-state index in [-0.39, 0.29) is 17.1 Å². The van der Waals surface area contributed by atoms with Crippen LogP contribution in [0.5, 0.6) is 11.5 Å². The molecule has 1 N–H and O–H groups in total. The summed E-state index contributed by atoms with van der Waals surface area (Å²) in [6.07, 6.45) is 0. The fourth-order valence-corrected chi connectivity index (χ4v) is 1.48. The highest BCUT2D eigenvalue weighted by atomic mass is 19.3. The number of halogens is 2. The van der Waals surface area contributed by atoms with Gasteiger partial charge in [-0.1, -0.05) is 0 Å². The number of aliphatic carboxylic acids is 1. The van der Waals surface area contributed by atoms with Gasteiger partial charge < -0.3 is 19.5 Å². The Morgan fingerprint density at radius 2 is 2.05 bits per heavy atom. The van der Waals surface area contributed by atoms with Gasteiger partial charge in [-0.05, 0) is 12.1 Å². The molecule has 1 amide bonds. The van der Waals surface area contributed by atoms with E-state index in [9.17, 15) is 18.4 Å². The molecule has 0 saturated carbocycles. The summed E-state index contributed by atoms with van der Waals surface area (Å²) in [4.78, 5) is 23.4. The molecular formula is C12H13F2NO5. The van der Waals surface area contributed by atoms with Crippen molar-refractivity contribution < 1.29 is 33.0 Å². The Morgan fingerprint density at radius 3 is 2.55 bits per heavy atom. The Morgan fingerprint density at radius 1 is 1.40 bits per heavy atom. The van der Waals surface area contributed by atoms with Crippen LogP contribution in [0.15, 0.2) is 18.2 Å². The minimum absolute atomic E-state index is 0.171. The Bertz CT molecular complexity index is 507. The zero-order chi connectivity index (χ0) is 15.3. The average molecular weight is 289 g/mol. The number of carboxylic acids is 1. The molecule has 0 aliphatic carbocycles. The summed E-state index contributed by atoms with van der Waals surface area (Å²) >= 11 is 0. The van der Waals surface area contributed by atoms with Gasteiger partial charge in [-0.25, -0.2) is 0 Å². The van der Waals surface area contributed by atoms with Crippen LogP contribution >= 0.6 is 0 Å². The monoisotopic (exact) mass is 289 g/mol. The lowest BCUT2D eigenvalue weighted by Gasteiger charge is -2.17. The predicted octanol–water partition coefficient (Wildman–Crippen LogP) is 1.45. The summed E-state index contributed by atoms with van der Waals surface area (Å²) in [7, 11) is 2.58. The van der Waals surface area contributed by atoms with Gasteiger partial charge in [0.1, 0.15) is 18.0 Å². The zero-order valence-electron chi connectivity index (χ0n) is 10.8. The van der Waals surface area contributed by atoms with E-state index in [1.807, 2.05) is 0 Å². The standard InChI is InChI=1S/C12H13F2NO5/c1-15(6-10(16)17)11(18)8-4-3-7(19-2)5-9(8)20-12(13)14/h3-5,12H,6H2,1-2H3,(H,16,17). The van der Waals surface area contributed by atoms with Crippen LogP contribution in [0.4, 0.5) is 8.78 Å². The molecule has 0 fully saturated rings. The van der Waals surface area contributed by atoms with Crippen LogP contribution in [0.2, 0.25) is 0 Å². The lowest BCUT2D eigenvalue weighted by Crippen LogP contribution is -2.32. The Balaban J connectivity index is 3.08. The SMILES string of the molecule is COc1ccc(C(=O)N(C)CC(=O)O)c(OC(F)F)c1. The van der Waals surface area contributed by atoms with Gasteiger partial charge in [0.2, 0.25) is 0 Å². The smallest absolute Gasteiger partial charge is 0.387 e. The van der Waals surface area contributed by atoms with Gasteiger partial charge in [0.25, 0.3) is 5.91 Å². The van der Waals surface area contributed by atoms with Gasteiger partial charge in [-0.2, -0.15) is 8.78 Å². The first-order valence-electron chi connectivity index (χ1n) is 5.45. The van der Waals surface area contributed by atoms with Crippen molar-refractivity contribution in [3.8, 4) is 11.5 Å². The summed E-state index contributed by atoms with van der Waals surface area (Å²) < 4.78 is 33.8. The number of carboxylic acid groups (broad SMARTS) is 1. The highest BCUT2D eigenvalue weighted by Crippen LogP contribution is 2.27. The largest absolute Gasteiger partial charge is 0.497 e. The van der Waals surface area contributed by atoms with Crippen molar-refractivity contribution in [2.75, 3.05) is 20.7 Å². The molecule has 0 bridgehead atoms. The van der Waals surface area contributed by atoms with Crippen molar-refractivity contribution in [1.29, 1.82) is 0 Å². The number of methoxy groups -OCH3 is 1. The summed E-state index contributed by atoms with van der Waals surface area (Å²) in [5.74, 6) is -2.10. The Labute approximate surface area is 113 Å². The van der Waals surface area contributed by atoms with E-state index >= 15 is 0 Å². The van der Waals surface area contributed by atoms with E-state index in [0.29, 0.717) is 0 Å². The summed E-state index contributed by atoms with van der Waals surface area (Å²) in [5.41, 5.74) is -0.171. The second-order valence-electron chi connectivity index (χ2n) is 3.80. The van der Waals surface area contributed by atoms with Gasteiger partial charge >= 0.3 is 12.6 Å². The molecule has 20 heavy (non-hydrogen) atoms. The minimum atomic E-state index is -3.11. The number of nitrogens with zero attached hydrogens (tertiary/aromatic N) is 1. The van der Waals surface area contributed by atoms with E-state index in [0.717, 1.165) is 11.0 Å². The van der Waals surface area contributed by atoms with Crippen molar-refractivity contribution in [3.05, 3.63) is 23.8 Å². The first kappa shape index (κ1) is 15.7. The van der Waals surface area contributed by atoms with Crippen molar-refractivity contribution in [3.63, 3.8) is 0 Å². The van der Waals surface area contributed by atoms with E-state index < -0.39 is 25.0 Å². The van der Waals surface area contributed by atoms with Gasteiger partial charge in [0, 0.05) is 13.1 Å². The molecule has 0 unspecified atom stereocenters. The van der Waals surface area contributed by atoms with E-state index in [2.05, 4.69) is 4.74 Å². The number of amides is 1. The average Bonchev–Trinajstić information content (AvgIpc) is 2.36. The van der Waals surface area contributed by atoms with E-state index in [1.165, 1.54) is 26.3 Å². The van der Waals surface area contributed by atoms with Crippen LogP contribution in [-0.2, 0) is 4.79 Å². The van der Waals surface area contributed by atoms with Crippen molar-refractivity contribution >= 4 is 11.9 Å². The molecule has 8 heteroatoms. The third kappa shape index (κ3) is 4.08. The van der Waals surface area contributed by atoms with Gasteiger partial charge in [-0.15, -0.1) is 0 Å². The van der Waals surface area contributed by atoms with Gasteiger partial charge in [-0.3, -0.25) is 9.59 Å². The molecule has 110 valence electrons. The molecule has 0 spiro atoms. The van der Waals surface area contributed by atoms with Crippen LogP contribution < -0.4 is 9.47 Å². The van der Waals surface area contributed by atoms with E-state index in [4.69, 9.17) is 9.84 Å². The number of hydrogen-bond acceptors (Lipinski definition) is 4. The molecule has 0 aromatic heterocycles. The quantitative estimate of drug-likeness (QED) is 0.858. The zero-order valence-corrected chi connectivity index (χ0v) is 10.8. The molecule has 0 aliphatic rings. The third-order valence-corrected chi connectivity index (χ3v) is 2.35. The molecule has 6 nitrogen and oxygen atoms in total. The topological polar surface area (TPSA) is 76.1 Å². The number of hydrogen-bond donors (Lipinski definition) is 1. The summed E-state index contributed by atoms with van der Waals surface area (Å²) in [6, 6.07) is 3.76. The number of carbonyl (C=O) groups is 2. The van der Waals surface area contributed by atoms with Crippen LogP contribution in [-0.4, -0.2) is 49.2 Å². The predicted molar refractivity (Wildman–Crippen MR) is 64.2 cm³/mol. The molecule has 0 radical (unpaired) electrons. The van der Waals surface area contributed by atoms with Crippen LogP contribution in [0, 0.1) is 0 Å². The van der Waals surface area contributed by atoms with Crippen LogP contribution in [0.1, 0.15) is 10.4 Å². The number of benzene rings is 1. The molecule has 1 aromatic rings. The lowest BCUT2D eigenvalue weighted by atomic mass is 10.1. The van der Waals surface area contributed by atoms with Crippen molar-refractivity contribution in [2.45, 2.75) is 6.61 Å². The summed E-state index contributed by atoms with van der Waals surface area (Å²) in [6.45, 7) is -3.67.